The molecule has 0 bridgehead atoms. The molecule has 0 atom stereocenters. The fourth-order valence-electron chi connectivity index (χ4n) is 0.767. The van der Waals surface area contributed by atoms with E-state index in [1.165, 1.54) is 12.2 Å². The molecule has 0 unspecified atom stereocenters. The smallest absolute Gasteiger partial charge is 0.875 e. The van der Waals surface area contributed by atoms with Crippen molar-refractivity contribution in [3.63, 3.8) is 0 Å². The SMILES string of the molecule is CCC(=O)C=C([O-])CC.CCC(=O)C=C([O-])CC.[Zn+2]. The normalized spacial score (nSPS) is 10.9. The van der Waals surface area contributed by atoms with Gasteiger partial charge >= 0.3 is 19.5 Å². The molecule has 104 valence electrons. The Morgan fingerprint density at radius 3 is 1.16 bits per heavy atom. The number of hydrogen-bond acceptors (Lipinski definition) is 4. The van der Waals surface area contributed by atoms with Gasteiger partial charge in [-0.2, -0.15) is 0 Å². The fourth-order valence-corrected chi connectivity index (χ4v) is 0.767. The van der Waals surface area contributed by atoms with E-state index >= 15 is 0 Å². The van der Waals surface area contributed by atoms with Crippen LogP contribution < -0.4 is 10.2 Å². The van der Waals surface area contributed by atoms with Crippen LogP contribution in [-0.4, -0.2) is 11.6 Å². The molecule has 0 radical (unpaired) electrons. The molecule has 4 nitrogen and oxygen atoms in total. The fraction of sp³-hybridized carbons (Fsp3) is 0.571. The first-order valence-electron chi connectivity index (χ1n) is 6.21. The Kier molecular flexibility index (Phi) is 18.4. The van der Waals surface area contributed by atoms with Gasteiger partial charge in [0, 0.05) is 12.8 Å². The zero-order chi connectivity index (χ0) is 14.6. The molecular weight excluding hydrogens is 298 g/mol. The Morgan fingerprint density at radius 2 is 1.00 bits per heavy atom. The van der Waals surface area contributed by atoms with E-state index in [2.05, 4.69) is 0 Å². The van der Waals surface area contributed by atoms with Gasteiger partial charge in [-0.05, 0) is 25.0 Å². The van der Waals surface area contributed by atoms with Gasteiger partial charge in [-0.25, -0.2) is 0 Å². The van der Waals surface area contributed by atoms with E-state index < -0.39 is 0 Å². The molecule has 0 aliphatic heterocycles. The number of carbonyl (C=O) groups excluding carboxylic acids is 2. The third kappa shape index (κ3) is 17.0. The molecule has 0 aliphatic carbocycles. The molecular formula is C14H22O4Zn. The number of carbonyl (C=O) groups is 2. The Labute approximate surface area is 128 Å². The van der Waals surface area contributed by atoms with Gasteiger partial charge in [0.25, 0.3) is 0 Å². The van der Waals surface area contributed by atoms with Crippen molar-refractivity contribution in [1.82, 2.24) is 0 Å². The summed E-state index contributed by atoms with van der Waals surface area (Å²) in [5.74, 6) is -0.326. The standard InChI is InChI=1S/2C7H12O2.Zn/c2*1-3-6(8)5-7(9)4-2;/h2*5,8H,3-4H2,1-2H3;/q;;+2/p-2. The molecule has 5 heteroatoms. The molecule has 0 spiro atoms. The van der Waals surface area contributed by atoms with Crippen LogP contribution in [0.4, 0.5) is 0 Å². The largest absolute Gasteiger partial charge is 2.00 e. The van der Waals surface area contributed by atoms with E-state index in [0.29, 0.717) is 25.7 Å². The first kappa shape index (κ1) is 23.2. The van der Waals surface area contributed by atoms with Crippen LogP contribution >= 0.6 is 0 Å². The van der Waals surface area contributed by atoms with Crippen molar-refractivity contribution < 1.29 is 39.3 Å². The molecule has 0 aromatic rings. The van der Waals surface area contributed by atoms with Gasteiger partial charge in [0.05, 0.1) is 0 Å². The molecule has 0 saturated carbocycles. The monoisotopic (exact) mass is 318 g/mol. The summed E-state index contributed by atoms with van der Waals surface area (Å²) in [7, 11) is 0. The van der Waals surface area contributed by atoms with Gasteiger partial charge in [0.1, 0.15) is 0 Å². The zero-order valence-electron chi connectivity index (χ0n) is 12.3. The Hall–Kier alpha value is -0.957. The average molecular weight is 320 g/mol. The van der Waals surface area contributed by atoms with Gasteiger partial charge < -0.3 is 10.2 Å². The third-order valence-electron chi connectivity index (χ3n) is 2.04. The average Bonchev–Trinajstić information content (AvgIpc) is 2.38. The molecule has 0 aromatic carbocycles. The van der Waals surface area contributed by atoms with Crippen molar-refractivity contribution in [2.24, 2.45) is 0 Å². The molecule has 0 amide bonds. The van der Waals surface area contributed by atoms with Crippen LogP contribution in [-0.2, 0) is 29.1 Å². The van der Waals surface area contributed by atoms with Crippen LogP contribution in [0.2, 0.25) is 0 Å². The van der Waals surface area contributed by atoms with Crippen LogP contribution in [0.1, 0.15) is 53.4 Å². The number of hydrogen-bond donors (Lipinski definition) is 0. The maximum Gasteiger partial charge on any atom is 2.00 e. The predicted molar refractivity (Wildman–Crippen MR) is 67.3 cm³/mol. The summed E-state index contributed by atoms with van der Waals surface area (Å²) in [6, 6.07) is 0. The van der Waals surface area contributed by atoms with Crippen molar-refractivity contribution >= 4 is 11.6 Å². The van der Waals surface area contributed by atoms with E-state index in [9.17, 15) is 19.8 Å². The van der Waals surface area contributed by atoms with Crippen LogP contribution in [0.15, 0.2) is 23.7 Å². The summed E-state index contributed by atoms with van der Waals surface area (Å²) in [5.41, 5.74) is 0. The quantitative estimate of drug-likeness (QED) is 0.419. The van der Waals surface area contributed by atoms with Gasteiger partial charge in [0.2, 0.25) is 0 Å². The summed E-state index contributed by atoms with van der Waals surface area (Å²) in [6.07, 6.45) is 4.02. The van der Waals surface area contributed by atoms with E-state index in [1.54, 1.807) is 27.7 Å². The molecule has 19 heavy (non-hydrogen) atoms. The number of ketones is 2. The second-order valence-electron chi connectivity index (χ2n) is 3.57. The Balaban J connectivity index is -0.000000256. The van der Waals surface area contributed by atoms with E-state index in [-0.39, 0.29) is 42.6 Å². The van der Waals surface area contributed by atoms with E-state index in [0.717, 1.165) is 0 Å². The Bertz CT molecular complexity index is 287. The summed E-state index contributed by atoms with van der Waals surface area (Å²) < 4.78 is 0. The third-order valence-corrected chi connectivity index (χ3v) is 2.04. The van der Waals surface area contributed by atoms with E-state index in [1.807, 2.05) is 0 Å². The summed E-state index contributed by atoms with van der Waals surface area (Å²) in [4.78, 5) is 21.0. The second-order valence-corrected chi connectivity index (χ2v) is 3.57. The zero-order valence-corrected chi connectivity index (χ0v) is 15.3. The molecule has 0 rings (SSSR count). The van der Waals surface area contributed by atoms with Gasteiger partial charge in [-0.1, -0.05) is 27.7 Å². The minimum atomic E-state index is -0.0816. The van der Waals surface area contributed by atoms with Crippen LogP contribution in [0.5, 0.6) is 0 Å². The Morgan fingerprint density at radius 1 is 0.737 bits per heavy atom. The first-order valence-corrected chi connectivity index (χ1v) is 6.21. The van der Waals surface area contributed by atoms with Crippen molar-refractivity contribution in [3.05, 3.63) is 23.7 Å². The maximum absolute atomic E-state index is 10.5. The molecule has 0 saturated heterocycles. The van der Waals surface area contributed by atoms with Gasteiger partial charge in [-0.15, -0.1) is 11.5 Å². The second kappa shape index (κ2) is 15.1. The summed E-state index contributed by atoms with van der Waals surface area (Å²) >= 11 is 0. The van der Waals surface area contributed by atoms with Crippen molar-refractivity contribution in [2.75, 3.05) is 0 Å². The molecule has 0 aromatic heterocycles. The van der Waals surface area contributed by atoms with Crippen molar-refractivity contribution in [2.45, 2.75) is 53.4 Å². The predicted octanol–water partition coefficient (Wildman–Crippen LogP) is 1.24. The van der Waals surface area contributed by atoms with E-state index in [4.69, 9.17) is 0 Å². The molecule has 0 N–H and O–H groups in total. The van der Waals surface area contributed by atoms with Crippen LogP contribution in [0.3, 0.4) is 0 Å². The molecule has 0 aliphatic rings. The number of rotatable bonds is 6. The van der Waals surface area contributed by atoms with Gasteiger partial charge in [0.15, 0.2) is 11.6 Å². The topological polar surface area (TPSA) is 80.3 Å². The molecule has 0 fully saturated rings. The van der Waals surface area contributed by atoms with Crippen molar-refractivity contribution in [1.29, 1.82) is 0 Å². The number of allylic oxidation sites excluding steroid dienone is 4. The summed E-state index contributed by atoms with van der Waals surface area (Å²) in [6.45, 7) is 6.95. The first-order chi connectivity index (χ1) is 8.40. The van der Waals surface area contributed by atoms with Crippen molar-refractivity contribution in [3.8, 4) is 0 Å². The van der Waals surface area contributed by atoms with Gasteiger partial charge in [-0.3, -0.25) is 9.59 Å². The van der Waals surface area contributed by atoms with Crippen LogP contribution in [0.25, 0.3) is 0 Å². The molecule has 0 heterocycles. The minimum absolute atomic E-state index is 0. The van der Waals surface area contributed by atoms with Crippen LogP contribution in [0, 0.1) is 0 Å². The minimum Gasteiger partial charge on any atom is -0.875 e. The summed E-state index contributed by atoms with van der Waals surface area (Å²) in [5, 5.41) is 21.0. The maximum atomic E-state index is 10.5.